The molecule has 6 heteroatoms. The highest BCUT2D eigenvalue weighted by Crippen LogP contribution is 2.23. The van der Waals surface area contributed by atoms with E-state index in [0.717, 1.165) is 15.7 Å². The van der Waals surface area contributed by atoms with E-state index in [0.29, 0.717) is 11.3 Å². The molecule has 3 aromatic rings. The number of amides is 1. The van der Waals surface area contributed by atoms with E-state index in [1.807, 2.05) is 48.5 Å². The Balaban J connectivity index is 1.51. The summed E-state index contributed by atoms with van der Waals surface area (Å²) in [5.74, 6) is -0.800. The van der Waals surface area contributed by atoms with Gasteiger partial charge < -0.3 is 10.1 Å². The van der Waals surface area contributed by atoms with Crippen LogP contribution in [0.5, 0.6) is 0 Å². The number of hydrogen-bond acceptors (Lipinski definition) is 5. The molecule has 0 fully saturated rings. The predicted molar refractivity (Wildman–Crippen MR) is 110 cm³/mol. The number of rotatable bonds is 6. The van der Waals surface area contributed by atoms with Gasteiger partial charge in [-0.25, -0.2) is 0 Å². The minimum absolute atomic E-state index is 0.111. The first-order valence-corrected chi connectivity index (χ1v) is 9.66. The van der Waals surface area contributed by atoms with Gasteiger partial charge in [0, 0.05) is 10.6 Å². The largest absolute Gasteiger partial charge is 0.452 e. The zero-order valence-corrected chi connectivity index (χ0v) is 16.0. The molecule has 1 N–H and O–H groups in total. The summed E-state index contributed by atoms with van der Waals surface area (Å²) in [5.41, 5.74) is 0.923. The van der Waals surface area contributed by atoms with Crippen molar-refractivity contribution in [1.29, 1.82) is 5.26 Å². The van der Waals surface area contributed by atoms with Gasteiger partial charge in [0.05, 0.1) is 17.4 Å². The third-order valence-corrected chi connectivity index (χ3v) is 4.98. The second-order valence-corrected chi connectivity index (χ2v) is 7.16. The first-order valence-electron chi connectivity index (χ1n) is 8.67. The van der Waals surface area contributed by atoms with Crippen molar-refractivity contribution in [2.75, 3.05) is 11.1 Å². The van der Waals surface area contributed by atoms with Crippen LogP contribution in [0.3, 0.4) is 0 Å². The van der Waals surface area contributed by atoms with Crippen LogP contribution < -0.4 is 5.32 Å². The highest BCUT2D eigenvalue weighted by molar-refractivity contribution is 8.00. The summed E-state index contributed by atoms with van der Waals surface area (Å²) in [6, 6.07) is 22.5. The van der Waals surface area contributed by atoms with Crippen LogP contribution >= 0.6 is 11.8 Å². The molecule has 0 aliphatic rings. The third-order valence-electron chi connectivity index (χ3n) is 4.01. The van der Waals surface area contributed by atoms with E-state index in [-0.39, 0.29) is 5.75 Å². The van der Waals surface area contributed by atoms with E-state index in [4.69, 9.17) is 10.00 Å². The molecule has 0 aliphatic heterocycles. The van der Waals surface area contributed by atoms with Crippen LogP contribution in [-0.2, 0) is 14.3 Å². The fraction of sp³-hybridized carbons (Fsp3) is 0.136. The molecule has 28 heavy (non-hydrogen) atoms. The molecule has 0 unspecified atom stereocenters. The standard InChI is InChI=1S/C22H18N2O3S/c1-15(22(26)24-19-8-4-5-16(11-19)13-23)27-21(25)14-28-20-10-9-17-6-2-3-7-18(17)12-20/h2-12,15H,14H2,1H3,(H,24,26)/t15-/m1/s1. The van der Waals surface area contributed by atoms with Gasteiger partial charge in [-0.05, 0) is 48.0 Å². The van der Waals surface area contributed by atoms with Crippen molar-refractivity contribution in [3.05, 3.63) is 72.3 Å². The van der Waals surface area contributed by atoms with Crippen molar-refractivity contribution < 1.29 is 14.3 Å². The Morgan fingerprint density at radius 2 is 1.86 bits per heavy atom. The number of thioether (sulfide) groups is 1. The van der Waals surface area contributed by atoms with E-state index in [1.165, 1.54) is 18.7 Å². The summed E-state index contributed by atoms with van der Waals surface area (Å²) in [6.07, 6.45) is -0.935. The molecule has 0 aromatic heterocycles. The first kappa shape index (κ1) is 19.5. The van der Waals surface area contributed by atoms with Gasteiger partial charge in [-0.1, -0.05) is 36.4 Å². The minimum Gasteiger partial charge on any atom is -0.452 e. The molecule has 0 spiro atoms. The van der Waals surface area contributed by atoms with Crippen molar-refractivity contribution >= 4 is 40.1 Å². The average molecular weight is 390 g/mol. The smallest absolute Gasteiger partial charge is 0.317 e. The summed E-state index contributed by atoms with van der Waals surface area (Å²) in [4.78, 5) is 25.2. The summed E-state index contributed by atoms with van der Waals surface area (Å²) in [7, 11) is 0. The van der Waals surface area contributed by atoms with Crippen molar-refractivity contribution in [2.45, 2.75) is 17.9 Å². The van der Waals surface area contributed by atoms with Gasteiger partial charge in [0.25, 0.3) is 5.91 Å². The van der Waals surface area contributed by atoms with Crippen LogP contribution in [0.25, 0.3) is 10.8 Å². The van der Waals surface area contributed by atoms with Gasteiger partial charge in [0.1, 0.15) is 0 Å². The molecule has 140 valence electrons. The lowest BCUT2D eigenvalue weighted by molar-refractivity contribution is -0.150. The summed E-state index contributed by atoms with van der Waals surface area (Å²) >= 11 is 1.36. The lowest BCUT2D eigenvalue weighted by atomic mass is 10.1. The molecule has 3 rings (SSSR count). The summed E-state index contributed by atoms with van der Waals surface area (Å²) < 4.78 is 5.21. The number of nitriles is 1. The van der Waals surface area contributed by atoms with Crippen LogP contribution in [-0.4, -0.2) is 23.7 Å². The van der Waals surface area contributed by atoms with Crippen molar-refractivity contribution in [3.63, 3.8) is 0 Å². The fourth-order valence-electron chi connectivity index (χ4n) is 2.59. The molecular formula is C22H18N2O3S. The fourth-order valence-corrected chi connectivity index (χ4v) is 3.32. The molecule has 0 aliphatic carbocycles. The number of anilines is 1. The van der Waals surface area contributed by atoms with E-state index in [1.54, 1.807) is 24.3 Å². The number of hydrogen-bond donors (Lipinski definition) is 1. The highest BCUT2D eigenvalue weighted by Gasteiger charge is 2.18. The van der Waals surface area contributed by atoms with E-state index < -0.39 is 18.0 Å². The molecule has 3 aromatic carbocycles. The number of carbonyl (C=O) groups excluding carboxylic acids is 2. The molecule has 0 bridgehead atoms. The van der Waals surface area contributed by atoms with Crippen LogP contribution in [0.15, 0.2) is 71.6 Å². The van der Waals surface area contributed by atoms with Crippen LogP contribution in [0.4, 0.5) is 5.69 Å². The quantitative estimate of drug-likeness (QED) is 0.499. The molecular weight excluding hydrogens is 372 g/mol. The Bertz CT molecular complexity index is 1060. The number of benzene rings is 3. The van der Waals surface area contributed by atoms with Gasteiger partial charge in [0.2, 0.25) is 0 Å². The van der Waals surface area contributed by atoms with Crippen LogP contribution in [0, 0.1) is 11.3 Å². The van der Waals surface area contributed by atoms with Crippen molar-refractivity contribution in [1.82, 2.24) is 0 Å². The number of ether oxygens (including phenoxy) is 1. The number of carbonyl (C=O) groups is 2. The highest BCUT2D eigenvalue weighted by atomic mass is 32.2. The maximum Gasteiger partial charge on any atom is 0.317 e. The Morgan fingerprint density at radius 3 is 2.64 bits per heavy atom. The Labute approximate surface area is 167 Å². The molecule has 0 saturated heterocycles. The van der Waals surface area contributed by atoms with Crippen molar-refractivity contribution in [2.24, 2.45) is 0 Å². The summed E-state index contributed by atoms with van der Waals surface area (Å²) in [5, 5.41) is 13.8. The van der Waals surface area contributed by atoms with E-state index >= 15 is 0 Å². The second kappa shape index (κ2) is 9.07. The average Bonchev–Trinajstić information content (AvgIpc) is 2.72. The minimum atomic E-state index is -0.935. The first-order chi connectivity index (χ1) is 13.5. The zero-order chi connectivity index (χ0) is 19.9. The summed E-state index contributed by atoms with van der Waals surface area (Å²) in [6.45, 7) is 1.52. The predicted octanol–water partition coefficient (Wildman–Crippen LogP) is 4.37. The monoisotopic (exact) mass is 390 g/mol. The maximum atomic E-state index is 12.2. The Hall–Kier alpha value is -3.30. The van der Waals surface area contributed by atoms with Gasteiger partial charge in [-0.15, -0.1) is 11.8 Å². The third kappa shape index (κ3) is 5.12. The van der Waals surface area contributed by atoms with Gasteiger partial charge >= 0.3 is 5.97 Å². The number of esters is 1. The topological polar surface area (TPSA) is 79.2 Å². The number of nitrogens with zero attached hydrogens (tertiary/aromatic N) is 1. The van der Waals surface area contributed by atoms with Gasteiger partial charge in [-0.2, -0.15) is 5.26 Å². The molecule has 5 nitrogen and oxygen atoms in total. The second-order valence-electron chi connectivity index (χ2n) is 6.11. The molecule has 0 heterocycles. The lowest BCUT2D eigenvalue weighted by Crippen LogP contribution is -2.30. The molecule has 1 atom stereocenters. The Kier molecular flexibility index (Phi) is 6.30. The Morgan fingerprint density at radius 1 is 1.07 bits per heavy atom. The molecule has 0 saturated carbocycles. The maximum absolute atomic E-state index is 12.2. The van der Waals surface area contributed by atoms with Crippen molar-refractivity contribution in [3.8, 4) is 6.07 Å². The molecule has 0 radical (unpaired) electrons. The lowest BCUT2D eigenvalue weighted by Gasteiger charge is -2.13. The van der Waals surface area contributed by atoms with Gasteiger partial charge in [0.15, 0.2) is 6.10 Å². The zero-order valence-electron chi connectivity index (χ0n) is 15.2. The van der Waals surface area contributed by atoms with Crippen LogP contribution in [0.2, 0.25) is 0 Å². The molecule has 1 amide bonds. The van der Waals surface area contributed by atoms with E-state index in [9.17, 15) is 9.59 Å². The normalized spacial score (nSPS) is 11.4. The number of fused-ring (bicyclic) bond motifs is 1. The SMILES string of the molecule is C[C@@H](OC(=O)CSc1ccc2ccccc2c1)C(=O)Nc1cccc(C#N)c1. The van der Waals surface area contributed by atoms with Gasteiger partial charge in [-0.3, -0.25) is 9.59 Å². The number of nitrogens with one attached hydrogen (secondary N) is 1. The van der Waals surface area contributed by atoms with E-state index in [2.05, 4.69) is 5.32 Å². The van der Waals surface area contributed by atoms with Crippen LogP contribution in [0.1, 0.15) is 12.5 Å².